The van der Waals surface area contributed by atoms with Crippen LogP contribution in [0.2, 0.25) is 5.02 Å². The van der Waals surface area contributed by atoms with Gasteiger partial charge in [-0.25, -0.2) is 4.79 Å². The van der Waals surface area contributed by atoms with Crippen molar-refractivity contribution in [1.82, 2.24) is 4.98 Å². The minimum absolute atomic E-state index is 0.0753. The summed E-state index contributed by atoms with van der Waals surface area (Å²) in [4.78, 5) is 31.1. The molecule has 2 aromatic carbocycles. The number of aromatic carboxylic acids is 1. The Morgan fingerprint density at radius 2 is 1.82 bits per heavy atom. The van der Waals surface area contributed by atoms with E-state index in [1.54, 1.807) is 30.5 Å². The van der Waals surface area contributed by atoms with Gasteiger partial charge in [0.25, 0.3) is 0 Å². The molecule has 0 bridgehead atoms. The molecule has 1 heterocycles. The fraction of sp³-hybridized carbons (Fsp3) is 0.269. The van der Waals surface area contributed by atoms with Crippen LogP contribution in [0, 0.1) is 12.1 Å². The van der Waals surface area contributed by atoms with Gasteiger partial charge in [-0.15, -0.1) is 0 Å². The largest absolute Gasteiger partial charge is 0.478 e. The highest BCUT2D eigenvalue weighted by atomic mass is 35.5. The van der Waals surface area contributed by atoms with Gasteiger partial charge in [-0.2, -0.15) is 0 Å². The van der Waals surface area contributed by atoms with E-state index in [-0.39, 0.29) is 16.8 Å². The first-order valence-electron chi connectivity index (χ1n) is 10.9. The lowest BCUT2D eigenvalue weighted by molar-refractivity contribution is 0.0696. The maximum atomic E-state index is 13.1. The first-order chi connectivity index (χ1) is 16.3. The summed E-state index contributed by atoms with van der Waals surface area (Å²) >= 11 is 5.86. The molecule has 0 saturated heterocycles. The molecule has 1 N–H and O–H groups in total. The molecule has 0 aliphatic rings. The van der Waals surface area contributed by atoms with Gasteiger partial charge in [0, 0.05) is 23.3 Å². The highest BCUT2D eigenvalue weighted by molar-refractivity contribution is 7.85. The van der Waals surface area contributed by atoms with E-state index in [9.17, 15) is 18.9 Å². The van der Waals surface area contributed by atoms with Crippen LogP contribution in [0.4, 0.5) is 11.4 Å². The van der Waals surface area contributed by atoms with Crippen LogP contribution in [0.3, 0.4) is 0 Å². The Hall–Kier alpha value is -3.21. The molecule has 6 nitrogen and oxygen atoms in total. The molecule has 0 amide bonds. The topological polar surface area (TPSA) is 87.6 Å². The fourth-order valence-corrected chi connectivity index (χ4v) is 4.65. The number of rotatable bonds is 11. The van der Waals surface area contributed by atoms with Crippen LogP contribution < -0.4 is 4.90 Å². The summed E-state index contributed by atoms with van der Waals surface area (Å²) in [5.41, 5.74) is 1.67. The third-order valence-corrected chi connectivity index (χ3v) is 6.93. The molecule has 176 valence electrons. The maximum absolute atomic E-state index is 13.1. The summed E-state index contributed by atoms with van der Waals surface area (Å²) in [7, 11) is 0.436. The number of hydrogen-bond acceptors (Lipinski definition) is 5. The number of carboxylic acid groups (broad SMARTS) is 1. The smallest absolute Gasteiger partial charge is 0.335 e. The molecule has 0 aliphatic carbocycles. The van der Waals surface area contributed by atoms with E-state index < -0.39 is 22.6 Å². The molecule has 1 aromatic heterocycles. The first-order valence-corrected chi connectivity index (χ1v) is 12.6. The predicted molar refractivity (Wildman–Crippen MR) is 134 cm³/mol. The van der Waals surface area contributed by atoms with Crippen molar-refractivity contribution in [2.75, 3.05) is 17.7 Å². The van der Waals surface area contributed by atoms with Crippen LogP contribution in [-0.2, 0) is 10.8 Å². The number of unbranched alkanes of at least 4 members (excludes halogenated alkanes) is 3. The highest BCUT2D eigenvalue weighted by Crippen LogP contribution is 2.23. The normalized spacial score (nSPS) is 11.5. The van der Waals surface area contributed by atoms with Crippen molar-refractivity contribution in [3.63, 3.8) is 0 Å². The Morgan fingerprint density at radius 3 is 2.44 bits per heavy atom. The Kier molecular flexibility index (Phi) is 8.80. The van der Waals surface area contributed by atoms with E-state index in [1.807, 2.05) is 11.9 Å². The number of carbonyl (C=O) groups excluding carboxylic acids is 1. The molecule has 0 radical (unpaired) electrons. The van der Waals surface area contributed by atoms with Gasteiger partial charge >= 0.3 is 5.97 Å². The van der Waals surface area contributed by atoms with Crippen LogP contribution in [0.15, 0.2) is 53.6 Å². The molecular formula is C26H25ClN2O4S. The molecule has 0 spiro atoms. The van der Waals surface area contributed by atoms with Crippen molar-refractivity contribution in [2.24, 2.45) is 0 Å². The zero-order valence-electron chi connectivity index (χ0n) is 19.0. The average Bonchev–Trinajstić information content (AvgIpc) is 2.86. The Balaban J connectivity index is 1.82. The number of nitrogens with zero attached hydrogens (tertiary/aromatic N) is 2. The van der Waals surface area contributed by atoms with Crippen LogP contribution in [0.5, 0.6) is 0 Å². The van der Waals surface area contributed by atoms with Crippen molar-refractivity contribution in [2.45, 2.75) is 37.5 Å². The number of ketones is 1. The Morgan fingerprint density at radius 1 is 1.06 bits per heavy atom. The molecule has 3 rings (SSSR count). The van der Waals surface area contributed by atoms with E-state index >= 15 is 0 Å². The number of anilines is 2. The van der Waals surface area contributed by atoms with Crippen LogP contribution in [0.1, 0.15) is 59.0 Å². The number of carboxylic acids is 1. The lowest BCUT2D eigenvalue weighted by Gasteiger charge is -2.17. The predicted octanol–water partition coefficient (Wildman–Crippen LogP) is 5.72. The van der Waals surface area contributed by atoms with E-state index in [1.165, 1.54) is 18.2 Å². The molecule has 0 saturated carbocycles. The minimum Gasteiger partial charge on any atom is -0.478 e. The molecule has 1 atom stereocenters. The van der Waals surface area contributed by atoms with Crippen molar-refractivity contribution < 1.29 is 18.9 Å². The van der Waals surface area contributed by atoms with E-state index in [0.29, 0.717) is 15.7 Å². The molecule has 34 heavy (non-hydrogen) atoms. The van der Waals surface area contributed by atoms with Crippen LogP contribution >= 0.6 is 11.6 Å². The van der Waals surface area contributed by atoms with Crippen molar-refractivity contribution >= 4 is 45.5 Å². The van der Waals surface area contributed by atoms with Gasteiger partial charge in [0.15, 0.2) is 0 Å². The third-order valence-electron chi connectivity index (χ3n) is 5.29. The Labute approximate surface area is 207 Å². The van der Waals surface area contributed by atoms with Crippen molar-refractivity contribution in [3.05, 3.63) is 82.6 Å². The number of aromatic nitrogens is 1. The zero-order valence-corrected chi connectivity index (χ0v) is 20.6. The number of hydrogen-bond donors (Lipinski definition) is 1. The van der Waals surface area contributed by atoms with Crippen molar-refractivity contribution in [1.29, 1.82) is 0 Å². The van der Waals surface area contributed by atoms with Gasteiger partial charge in [0.2, 0.25) is 5.78 Å². The van der Waals surface area contributed by atoms with Gasteiger partial charge in [-0.05, 0) is 61.0 Å². The zero-order chi connectivity index (χ0) is 24.7. The summed E-state index contributed by atoms with van der Waals surface area (Å²) in [6, 6.07) is 16.7. The molecule has 0 aliphatic heterocycles. The van der Waals surface area contributed by atoms with Gasteiger partial charge in [-0.1, -0.05) is 37.8 Å². The quantitative estimate of drug-likeness (QED) is 0.270. The lowest BCUT2D eigenvalue weighted by atomic mass is 10.0. The second-order valence-electron chi connectivity index (χ2n) is 7.77. The second-order valence-corrected chi connectivity index (χ2v) is 9.75. The third kappa shape index (κ3) is 6.43. The number of halogens is 1. The highest BCUT2D eigenvalue weighted by Gasteiger charge is 2.18. The second kappa shape index (κ2) is 11.8. The van der Waals surface area contributed by atoms with E-state index in [2.05, 4.69) is 24.0 Å². The van der Waals surface area contributed by atoms with Crippen LogP contribution in [-0.4, -0.2) is 38.9 Å². The van der Waals surface area contributed by atoms with E-state index in [0.717, 1.165) is 37.1 Å². The van der Waals surface area contributed by atoms with Crippen molar-refractivity contribution in [3.8, 4) is 0 Å². The summed E-state index contributed by atoms with van der Waals surface area (Å²) in [6.45, 7) is 2.10. The molecular weight excluding hydrogens is 472 g/mol. The van der Waals surface area contributed by atoms with Gasteiger partial charge in [-0.3, -0.25) is 14.0 Å². The fourth-order valence-electron chi connectivity index (χ4n) is 3.32. The summed E-state index contributed by atoms with van der Waals surface area (Å²) in [5.74, 6) is -1.19. The summed E-state index contributed by atoms with van der Waals surface area (Å²) < 4.78 is 12.7. The molecule has 3 aromatic rings. The lowest BCUT2D eigenvalue weighted by Crippen LogP contribution is -2.12. The molecule has 0 fully saturated rings. The standard InChI is InChI=1S/C26H25ClN2O4S/c1-3-4-5-6-13-34(33)23-15-18(14-19(16-23)26(31)32)25(30)24-12-11-22(17-28-24)29(2)21-9-7-20(27)8-10-21/h7,9,11-12,14-17H,3-6,13H2,1-2H3,(H,31,32). The maximum Gasteiger partial charge on any atom is 0.335 e. The van der Waals surface area contributed by atoms with Gasteiger partial charge < -0.3 is 10.0 Å². The monoisotopic (exact) mass is 496 g/mol. The minimum atomic E-state index is -1.39. The number of carbonyl (C=O) groups is 2. The van der Waals surface area contributed by atoms with Crippen LogP contribution in [0.25, 0.3) is 0 Å². The average molecular weight is 497 g/mol. The first kappa shape index (κ1) is 25.4. The number of pyridine rings is 1. The SMILES string of the molecule is CCCCCCS(=O)c1cc(C(=O)O)cc(C(=O)c2ccc(N(C)c3c#cc(Cl)cc3)cn2)c1. The van der Waals surface area contributed by atoms with Gasteiger partial charge in [0.05, 0.1) is 39.0 Å². The summed E-state index contributed by atoms with van der Waals surface area (Å²) in [6.07, 6.45) is 5.41. The number of benzene rings is 1. The van der Waals surface area contributed by atoms with E-state index in [4.69, 9.17) is 11.6 Å². The Bertz CT molecular complexity index is 1180. The molecule has 8 heteroatoms. The summed E-state index contributed by atoms with van der Waals surface area (Å²) in [5, 5.41) is 9.95. The molecule has 1 unspecified atom stereocenters. The van der Waals surface area contributed by atoms with Gasteiger partial charge in [0.1, 0.15) is 5.69 Å².